The van der Waals surface area contributed by atoms with Crippen molar-refractivity contribution in [2.45, 2.75) is 6.92 Å². The number of hydrogen-bond donors (Lipinski definition) is 2. The second-order valence-corrected chi connectivity index (χ2v) is 4.78. The maximum atomic E-state index is 13.7. The van der Waals surface area contributed by atoms with Gasteiger partial charge >= 0.3 is 0 Å². The molecule has 2 N–H and O–H groups in total. The van der Waals surface area contributed by atoms with Gasteiger partial charge in [0.15, 0.2) is 0 Å². The summed E-state index contributed by atoms with van der Waals surface area (Å²) in [6.07, 6.45) is 0. The molecule has 0 amide bonds. The molecule has 2 rings (SSSR count). The summed E-state index contributed by atoms with van der Waals surface area (Å²) in [4.78, 5) is 11.9. The molecular weight excluding hydrogens is 337 g/mol. The lowest BCUT2D eigenvalue weighted by Crippen LogP contribution is -2.07. The van der Waals surface area contributed by atoms with Crippen LogP contribution in [0.4, 0.5) is 22.0 Å². The highest BCUT2D eigenvalue weighted by Crippen LogP contribution is 2.22. The van der Waals surface area contributed by atoms with E-state index in [1.807, 2.05) is 6.92 Å². The first-order valence-electron chi connectivity index (χ1n) is 5.46. The number of halogens is 3. The van der Waals surface area contributed by atoms with Crippen LogP contribution in [-0.4, -0.2) is 21.5 Å². The first-order chi connectivity index (χ1) is 9.08. The number of aromatic nitrogens is 3. The first-order valence-corrected chi connectivity index (χ1v) is 6.63. The van der Waals surface area contributed by atoms with Gasteiger partial charge in [0.25, 0.3) is 0 Å². The molecule has 0 aliphatic heterocycles. The topological polar surface area (TPSA) is 62.7 Å². The van der Waals surface area contributed by atoms with Gasteiger partial charge < -0.3 is 10.6 Å². The molecule has 0 aliphatic carbocycles. The Labute approximate surface area is 122 Å². The van der Waals surface area contributed by atoms with Crippen LogP contribution in [0.2, 0.25) is 5.28 Å². The summed E-state index contributed by atoms with van der Waals surface area (Å²) in [5.41, 5.74) is 0.257. The van der Waals surface area contributed by atoms with Crippen LogP contribution in [0.5, 0.6) is 0 Å². The van der Waals surface area contributed by atoms with E-state index in [9.17, 15) is 4.39 Å². The van der Waals surface area contributed by atoms with Crippen LogP contribution in [0, 0.1) is 5.82 Å². The van der Waals surface area contributed by atoms with Crippen molar-refractivity contribution in [2.24, 2.45) is 0 Å². The van der Waals surface area contributed by atoms with Gasteiger partial charge in [0, 0.05) is 11.0 Å². The Kier molecular flexibility index (Phi) is 4.49. The molecule has 5 nitrogen and oxygen atoms in total. The molecule has 0 fully saturated rings. The van der Waals surface area contributed by atoms with Gasteiger partial charge in [-0.25, -0.2) is 4.39 Å². The lowest BCUT2D eigenvalue weighted by atomic mass is 10.3. The van der Waals surface area contributed by atoms with Gasteiger partial charge in [-0.05, 0) is 36.7 Å². The molecule has 0 saturated carbocycles. The molecule has 1 aromatic carbocycles. The van der Waals surface area contributed by atoms with Gasteiger partial charge in [-0.15, -0.1) is 0 Å². The van der Waals surface area contributed by atoms with Crippen molar-refractivity contribution in [1.82, 2.24) is 15.0 Å². The van der Waals surface area contributed by atoms with Crippen LogP contribution >= 0.6 is 27.5 Å². The van der Waals surface area contributed by atoms with Gasteiger partial charge in [-0.3, -0.25) is 0 Å². The standard InChI is InChI=1S/C11H10BrClFN5/c1-2-15-10-17-9(13)18-11(19-10)16-8-4-3-6(12)5-7(8)14/h3-5H,2H2,1H3,(H2,15,16,17,18,19). The number of benzene rings is 1. The van der Waals surface area contributed by atoms with E-state index >= 15 is 0 Å². The van der Waals surface area contributed by atoms with Crippen molar-refractivity contribution in [3.8, 4) is 0 Å². The first kappa shape index (κ1) is 14.0. The molecule has 1 heterocycles. The second kappa shape index (κ2) is 6.12. The summed E-state index contributed by atoms with van der Waals surface area (Å²) in [6.45, 7) is 2.55. The molecule has 100 valence electrons. The Morgan fingerprint density at radius 2 is 2.00 bits per heavy atom. The minimum atomic E-state index is -0.420. The average molecular weight is 347 g/mol. The molecule has 0 bridgehead atoms. The molecule has 1 aromatic heterocycles. The van der Waals surface area contributed by atoms with E-state index in [0.717, 1.165) is 0 Å². The van der Waals surface area contributed by atoms with E-state index < -0.39 is 5.82 Å². The quantitative estimate of drug-likeness (QED) is 0.885. The van der Waals surface area contributed by atoms with Crippen LogP contribution in [0.1, 0.15) is 6.92 Å². The fourth-order valence-corrected chi connectivity index (χ4v) is 1.85. The third-order valence-corrected chi connectivity index (χ3v) is 2.78. The van der Waals surface area contributed by atoms with Crippen LogP contribution < -0.4 is 10.6 Å². The van der Waals surface area contributed by atoms with Gasteiger partial charge in [0.1, 0.15) is 5.82 Å². The van der Waals surface area contributed by atoms with E-state index in [4.69, 9.17) is 11.6 Å². The molecule has 0 atom stereocenters. The Morgan fingerprint density at radius 3 is 2.68 bits per heavy atom. The molecule has 0 radical (unpaired) electrons. The van der Waals surface area contributed by atoms with Gasteiger partial charge in [-0.1, -0.05) is 15.9 Å². The lowest BCUT2D eigenvalue weighted by Gasteiger charge is -2.08. The molecule has 0 aliphatic rings. The lowest BCUT2D eigenvalue weighted by molar-refractivity contribution is 0.630. The summed E-state index contributed by atoms with van der Waals surface area (Å²) >= 11 is 8.96. The Balaban J connectivity index is 2.27. The molecular formula is C11H10BrClFN5. The number of nitrogens with one attached hydrogen (secondary N) is 2. The van der Waals surface area contributed by atoms with Gasteiger partial charge in [-0.2, -0.15) is 15.0 Å². The van der Waals surface area contributed by atoms with Crippen molar-refractivity contribution < 1.29 is 4.39 Å². The fraction of sp³-hybridized carbons (Fsp3) is 0.182. The summed E-state index contributed by atoms with van der Waals surface area (Å²) in [5, 5.41) is 5.70. The molecule has 0 unspecified atom stereocenters. The number of nitrogens with zero attached hydrogens (tertiary/aromatic N) is 3. The van der Waals surface area contributed by atoms with E-state index in [-0.39, 0.29) is 16.9 Å². The third kappa shape index (κ3) is 3.74. The van der Waals surface area contributed by atoms with E-state index in [0.29, 0.717) is 17.0 Å². The number of anilines is 3. The summed E-state index contributed by atoms with van der Waals surface area (Å²) in [5.74, 6) is 0.0932. The minimum Gasteiger partial charge on any atom is -0.354 e. The van der Waals surface area contributed by atoms with Crippen LogP contribution in [0.3, 0.4) is 0 Å². The van der Waals surface area contributed by atoms with E-state index in [1.165, 1.54) is 6.07 Å². The summed E-state index contributed by atoms with van der Waals surface area (Å²) in [6, 6.07) is 4.62. The summed E-state index contributed by atoms with van der Waals surface area (Å²) < 4.78 is 14.3. The zero-order valence-electron chi connectivity index (χ0n) is 9.91. The van der Waals surface area contributed by atoms with Crippen LogP contribution in [-0.2, 0) is 0 Å². The van der Waals surface area contributed by atoms with Crippen molar-refractivity contribution in [2.75, 3.05) is 17.2 Å². The average Bonchev–Trinajstić information content (AvgIpc) is 2.32. The Morgan fingerprint density at radius 1 is 1.26 bits per heavy atom. The van der Waals surface area contributed by atoms with Crippen molar-refractivity contribution >= 4 is 45.1 Å². The third-order valence-electron chi connectivity index (χ3n) is 2.12. The molecule has 0 spiro atoms. The highest BCUT2D eigenvalue weighted by atomic mass is 79.9. The fourth-order valence-electron chi connectivity index (χ4n) is 1.35. The largest absolute Gasteiger partial charge is 0.354 e. The maximum Gasteiger partial charge on any atom is 0.233 e. The van der Waals surface area contributed by atoms with Crippen LogP contribution in [0.15, 0.2) is 22.7 Å². The Bertz CT molecular complexity index is 595. The SMILES string of the molecule is CCNc1nc(Cl)nc(Nc2ccc(Br)cc2F)n1. The zero-order valence-corrected chi connectivity index (χ0v) is 12.3. The smallest absolute Gasteiger partial charge is 0.233 e. The zero-order chi connectivity index (χ0) is 13.8. The molecule has 0 saturated heterocycles. The summed E-state index contributed by atoms with van der Waals surface area (Å²) in [7, 11) is 0. The highest BCUT2D eigenvalue weighted by molar-refractivity contribution is 9.10. The molecule has 8 heteroatoms. The second-order valence-electron chi connectivity index (χ2n) is 3.53. The predicted octanol–water partition coefficient (Wildman–Crippen LogP) is 3.60. The number of rotatable bonds is 4. The van der Waals surface area contributed by atoms with Crippen molar-refractivity contribution in [3.05, 3.63) is 33.8 Å². The normalized spacial score (nSPS) is 10.3. The maximum absolute atomic E-state index is 13.7. The predicted molar refractivity (Wildman–Crippen MR) is 76.4 cm³/mol. The van der Waals surface area contributed by atoms with Gasteiger partial charge in [0.2, 0.25) is 17.2 Å². The van der Waals surface area contributed by atoms with Crippen molar-refractivity contribution in [1.29, 1.82) is 0 Å². The van der Waals surface area contributed by atoms with E-state index in [1.54, 1.807) is 12.1 Å². The van der Waals surface area contributed by atoms with Gasteiger partial charge in [0.05, 0.1) is 5.69 Å². The molecule has 2 aromatic rings. The Hall–Kier alpha value is -1.47. The minimum absolute atomic E-state index is 0.0333. The van der Waals surface area contributed by atoms with E-state index in [2.05, 4.69) is 41.5 Å². The van der Waals surface area contributed by atoms with Crippen molar-refractivity contribution in [3.63, 3.8) is 0 Å². The van der Waals surface area contributed by atoms with Crippen LogP contribution in [0.25, 0.3) is 0 Å². The number of hydrogen-bond acceptors (Lipinski definition) is 5. The highest BCUT2D eigenvalue weighted by Gasteiger charge is 2.08. The molecule has 19 heavy (non-hydrogen) atoms. The monoisotopic (exact) mass is 345 g/mol.